The molecule has 0 N–H and O–H groups in total. The summed E-state index contributed by atoms with van der Waals surface area (Å²) in [5.74, 6) is -0.167. The van der Waals surface area contributed by atoms with Gasteiger partial charge in [-0.1, -0.05) is 31.2 Å². The highest BCUT2D eigenvalue weighted by molar-refractivity contribution is 5.82. The molecule has 2 heteroatoms. The molecule has 0 aliphatic heterocycles. The molecule has 0 fully saturated rings. The van der Waals surface area contributed by atoms with Gasteiger partial charge in [-0.25, -0.2) is 0 Å². The molecule has 0 amide bonds. The molecule has 2 nitrogen and oxygen atoms in total. The Morgan fingerprint density at radius 3 is 2.19 bits per heavy atom. The molecule has 0 spiro atoms. The zero-order valence-corrected chi connectivity index (χ0v) is 10.5. The molecule has 16 heavy (non-hydrogen) atoms. The van der Waals surface area contributed by atoms with Crippen LogP contribution in [0, 0.1) is 0 Å². The Labute approximate surface area is 97.6 Å². The summed E-state index contributed by atoms with van der Waals surface area (Å²) in [6, 6.07) is 8.15. The number of rotatable bonds is 4. The number of carbonyl (C=O) groups is 1. The lowest BCUT2D eigenvalue weighted by atomic mass is 9.84. The number of ether oxygens (including phenoxy) is 1. The highest BCUT2D eigenvalue weighted by atomic mass is 16.5. The van der Waals surface area contributed by atoms with Gasteiger partial charge in [0, 0.05) is 0 Å². The van der Waals surface area contributed by atoms with Crippen molar-refractivity contribution in [3.63, 3.8) is 0 Å². The van der Waals surface area contributed by atoms with Crippen molar-refractivity contribution >= 4 is 5.97 Å². The lowest BCUT2D eigenvalue weighted by molar-refractivity contribution is -0.148. The van der Waals surface area contributed by atoms with E-state index in [1.807, 2.05) is 32.9 Å². The van der Waals surface area contributed by atoms with Gasteiger partial charge in [-0.05, 0) is 38.3 Å². The van der Waals surface area contributed by atoms with Gasteiger partial charge in [0.1, 0.15) is 0 Å². The fraction of sp³-hybridized carbons (Fsp3) is 0.500. The first kappa shape index (κ1) is 12.8. The second kappa shape index (κ2) is 5.15. The minimum atomic E-state index is -0.567. The first-order valence-corrected chi connectivity index (χ1v) is 5.79. The van der Waals surface area contributed by atoms with Crippen LogP contribution in [0.4, 0.5) is 0 Å². The minimum absolute atomic E-state index is 0.167. The van der Waals surface area contributed by atoms with Crippen LogP contribution in [-0.2, 0) is 21.4 Å². The highest BCUT2D eigenvalue weighted by Gasteiger charge is 2.30. The Bertz CT molecular complexity index is 350. The van der Waals surface area contributed by atoms with E-state index in [1.54, 1.807) is 0 Å². The fourth-order valence-corrected chi connectivity index (χ4v) is 1.59. The number of aryl methyl sites for hydroxylation is 1. The molecule has 0 unspecified atom stereocenters. The fourth-order valence-electron chi connectivity index (χ4n) is 1.59. The average molecular weight is 220 g/mol. The third kappa shape index (κ3) is 2.63. The Morgan fingerprint density at radius 1 is 1.19 bits per heavy atom. The lowest BCUT2D eigenvalue weighted by Crippen LogP contribution is -2.31. The standard InChI is InChI=1S/C14H20O2/c1-5-11-7-9-12(10-8-11)14(3,4)13(15)16-6-2/h7-10H,5-6H2,1-4H3. The van der Waals surface area contributed by atoms with Gasteiger partial charge in [-0.15, -0.1) is 0 Å². The molecule has 0 radical (unpaired) electrons. The SMILES string of the molecule is CCOC(=O)C(C)(C)c1ccc(CC)cc1. The van der Waals surface area contributed by atoms with Crippen molar-refractivity contribution in [3.8, 4) is 0 Å². The van der Waals surface area contributed by atoms with Crippen LogP contribution in [0.3, 0.4) is 0 Å². The van der Waals surface area contributed by atoms with Crippen LogP contribution in [0.2, 0.25) is 0 Å². The maximum atomic E-state index is 11.8. The first-order valence-electron chi connectivity index (χ1n) is 5.79. The van der Waals surface area contributed by atoms with E-state index in [-0.39, 0.29) is 5.97 Å². The summed E-state index contributed by atoms with van der Waals surface area (Å²) in [7, 11) is 0. The smallest absolute Gasteiger partial charge is 0.315 e. The summed E-state index contributed by atoms with van der Waals surface area (Å²) in [5, 5.41) is 0. The summed E-state index contributed by atoms with van der Waals surface area (Å²) in [5.41, 5.74) is 1.72. The normalized spacial score (nSPS) is 11.2. The van der Waals surface area contributed by atoms with Crippen molar-refractivity contribution < 1.29 is 9.53 Å². The molecule has 0 aromatic heterocycles. The second-order valence-electron chi connectivity index (χ2n) is 4.40. The molecule has 0 atom stereocenters. The van der Waals surface area contributed by atoms with E-state index in [0.717, 1.165) is 12.0 Å². The van der Waals surface area contributed by atoms with Crippen LogP contribution in [0.25, 0.3) is 0 Å². The van der Waals surface area contributed by atoms with Gasteiger partial charge in [0.25, 0.3) is 0 Å². The van der Waals surface area contributed by atoms with Crippen LogP contribution in [-0.4, -0.2) is 12.6 Å². The van der Waals surface area contributed by atoms with E-state index >= 15 is 0 Å². The summed E-state index contributed by atoms with van der Waals surface area (Å²) in [4.78, 5) is 11.8. The number of benzene rings is 1. The van der Waals surface area contributed by atoms with E-state index in [4.69, 9.17) is 4.74 Å². The van der Waals surface area contributed by atoms with Crippen molar-refractivity contribution in [2.75, 3.05) is 6.61 Å². The van der Waals surface area contributed by atoms with E-state index in [0.29, 0.717) is 6.61 Å². The van der Waals surface area contributed by atoms with Crippen LogP contribution < -0.4 is 0 Å². The maximum absolute atomic E-state index is 11.8. The summed E-state index contributed by atoms with van der Waals surface area (Å²) in [6.07, 6.45) is 1.01. The molecule has 88 valence electrons. The summed E-state index contributed by atoms with van der Waals surface area (Å²) >= 11 is 0. The van der Waals surface area contributed by atoms with Crippen LogP contribution in [0.15, 0.2) is 24.3 Å². The molecule has 0 saturated carbocycles. The first-order chi connectivity index (χ1) is 7.52. The van der Waals surface area contributed by atoms with Gasteiger partial charge in [-0.3, -0.25) is 4.79 Å². The molecule has 0 aliphatic rings. The lowest BCUT2D eigenvalue weighted by Gasteiger charge is -2.22. The molecule has 1 aromatic carbocycles. The Kier molecular flexibility index (Phi) is 4.11. The van der Waals surface area contributed by atoms with E-state index < -0.39 is 5.41 Å². The topological polar surface area (TPSA) is 26.3 Å². The molecule has 1 rings (SSSR count). The predicted molar refractivity (Wildman–Crippen MR) is 65.5 cm³/mol. The van der Waals surface area contributed by atoms with E-state index in [9.17, 15) is 4.79 Å². The third-order valence-electron chi connectivity index (χ3n) is 2.87. The molecular formula is C14H20O2. The molecule has 0 bridgehead atoms. The highest BCUT2D eigenvalue weighted by Crippen LogP contribution is 2.25. The van der Waals surface area contributed by atoms with Crippen molar-refractivity contribution in [2.45, 2.75) is 39.5 Å². The van der Waals surface area contributed by atoms with Crippen molar-refractivity contribution in [1.29, 1.82) is 0 Å². The quantitative estimate of drug-likeness (QED) is 0.729. The minimum Gasteiger partial charge on any atom is -0.465 e. The van der Waals surface area contributed by atoms with Crippen LogP contribution in [0.5, 0.6) is 0 Å². The molecule has 0 heterocycles. The predicted octanol–water partition coefficient (Wildman–Crippen LogP) is 3.09. The largest absolute Gasteiger partial charge is 0.465 e. The summed E-state index contributed by atoms with van der Waals surface area (Å²) in [6.45, 7) is 8.16. The summed E-state index contributed by atoms with van der Waals surface area (Å²) < 4.78 is 5.08. The third-order valence-corrected chi connectivity index (χ3v) is 2.87. The van der Waals surface area contributed by atoms with Gasteiger partial charge in [0.05, 0.1) is 12.0 Å². The van der Waals surface area contributed by atoms with Gasteiger partial charge in [0.2, 0.25) is 0 Å². The molecule has 0 aliphatic carbocycles. The number of carbonyl (C=O) groups excluding carboxylic acids is 1. The van der Waals surface area contributed by atoms with Crippen LogP contribution >= 0.6 is 0 Å². The Hall–Kier alpha value is -1.31. The van der Waals surface area contributed by atoms with Gasteiger partial charge in [-0.2, -0.15) is 0 Å². The number of hydrogen-bond acceptors (Lipinski definition) is 2. The van der Waals surface area contributed by atoms with Crippen molar-refractivity contribution in [1.82, 2.24) is 0 Å². The molecule has 1 aromatic rings. The van der Waals surface area contributed by atoms with E-state index in [1.165, 1.54) is 5.56 Å². The second-order valence-corrected chi connectivity index (χ2v) is 4.40. The monoisotopic (exact) mass is 220 g/mol. The van der Waals surface area contributed by atoms with Gasteiger partial charge >= 0.3 is 5.97 Å². The van der Waals surface area contributed by atoms with Crippen molar-refractivity contribution in [3.05, 3.63) is 35.4 Å². The Morgan fingerprint density at radius 2 is 1.75 bits per heavy atom. The molecule has 0 saturated heterocycles. The zero-order chi connectivity index (χ0) is 12.2. The van der Waals surface area contributed by atoms with E-state index in [2.05, 4.69) is 19.1 Å². The number of hydrogen-bond donors (Lipinski definition) is 0. The molecular weight excluding hydrogens is 200 g/mol. The Balaban J connectivity index is 2.93. The zero-order valence-electron chi connectivity index (χ0n) is 10.5. The van der Waals surface area contributed by atoms with Gasteiger partial charge < -0.3 is 4.74 Å². The average Bonchev–Trinajstić information content (AvgIpc) is 2.29. The van der Waals surface area contributed by atoms with Gasteiger partial charge in [0.15, 0.2) is 0 Å². The maximum Gasteiger partial charge on any atom is 0.315 e. The number of esters is 1. The van der Waals surface area contributed by atoms with Crippen molar-refractivity contribution in [2.24, 2.45) is 0 Å². The van der Waals surface area contributed by atoms with Crippen LogP contribution in [0.1, 0.15) is 38.8 Å².